The van der Waals surface area contributed by atoms with Crippen LogP contribution in [0.25, 0.3) is 0 Å². The van der Waals surface area contributed by atoms with E-state index in [-0.39, 0.29) is 0 Å². The molecule has 19 heavy (non-hydrogen) atoms. The van der Waals surface area contributed by atoms with Gasteiger partial charge in [-0.3, -0.25) is 0 Å². The van der Waals surface area contributed by atoms with Gasteiger partial charge in [-0.25, -0.2) is 0 Å². The molecule has 0 saturated carbocycles. The lowest BCUT2D eigenvalue weighted by molar-refractivity contribution is 0.609. The van der Waals surface area contributed by atoms with Gasteiger partial charge in [0.05, 0.1) is 16.8 Å². The van der Waals surface area contributed by atoms with Crippen LogP contribution in [0, 0.1) is 6.92 Å². The SMILES string of the molecule is Cc1cc(Cl)c(NC2CCCc3sccc32)cc1Cl. The van der Waals surface area contributed by atoms with Crippen LogP contribution in [0.2, 0.25) is 10.0 Å². The summed E-state index contributed by atoms with van der Waals surface area (Å²) in [5.74, 6) is 0. The molecule has 4 heteroatoms. The van der Waals surface area contributed by atoms with Gasteiger partial charge in [0.1, 0.15) is 0 Å². The van der Waals surface area contributed by atoms with E-state index in [0.717, 1.165) is 27.7 Å². The average Bonchev–Trinajstić information content (AvgIpc) is 2.85. The van der Waals surface area contributed by atoms with Crippen LogP contribution < -0.4 is 5.32 Å². The van der Waals surface area contributed by atoms with Gasteiger partial charge in [-0.15, -0.1) is 11.3 Å². The highest BCUT2D eigenvalue weighted by molar-refractivity contribution is 7.10. The quantitative estimate of drug-likeness (QED) is 0.733. The van der Waals surface area contributed by atoms with E-state index in [1.807, 2.05) is 30.4 Å². The van der Waals surface area contributed by atoms with Crippen LogP contribution in [0.1, 0.15) is 34.9 Å². The number of anilines is 1. The second-order valence-electron chi connectivity index (χ2n) is 4.97. The van der Waals surface area contributed by atoms with Crippen molar-refractivity contribution in [1.82, 2.24) is 0 Å². The molecule has 1 aromatic heterocycles. The van der Waals surface area contributed by atoms with Gasteiger partial charge in [0, 0.05) is 9.90 Å². The summed E-state index contributed by atoms with van der Waals surface area (Å²) < 4.78 is 0. The zero-order valence-electron chi connectivity index (χ0n) is 10.7. The van der Waals surface area contributed by atoms with Crippen LogP contribution in [-0.4, -0.2) is 0 Å². The molecule has 0 spiro atoms. The van der Waals surface area contributed by atoms with E-state index in [9.17, 15) is 0 Å². The minimum absolute atomic E-state index is 0.353. The summed E-state index contributed by atoms with van der Waals surface area (Å²) in [4.78, 5) is 1.50. The third-order valence-corrected chi connectivity index (χ3v) is 5.35. The van der Waals surface area contributed by atoms with Gasteiger partial charge < -0.3 is 5.32 Å². The highest BCUT2D eigenvalue weighted by atomic mass is 35.5. The van der Waals surface area contributed by atoms with Crippen molar-refractivity contribution < 1.29 is 0 Å². The van der Waals surface area contributed by atoms with Crippen molar-refractivity contribution in [1.29, 1.82) is 0 Å². The van der Waals surface area contributed by atoms with Crippen molar-refractivity contribution in [2.45, 2.75) is 32.2 Å². The van der Waals surface area contributed by atoms with Gasteiger partial charge >= 0.3 is 0 Å². The van der Waals surface area contributed by atoms with E-state index in [1.165, 1.54) is 23.3 Å². The van der Waals surface area contributed by atoms with E-state index in [2.05, 4.69) is 16.8 Å². The first-order valence-electron chi connectivity index (χ1n) is 6.43. The molecule has 0 radical (unpaired) electrons. The molecule has 1 atom stereocenters. The van der Waals surface area contributed by atoms with Crippen LogP contribution in [0.5, 0.6) is 0 Å². The summed E-state index contributed by atoms with van der Waals surface area (Å²) in [5.41, 5.74) is 3.36. The Hall–Kier alpha value is -0.700. The van der Waals surface area contributed by atoms with Gasteiger partial charge in [-0.2, -0.15) is 0 Å². The molecule has 0 amide bonds. The van der Waals surface area contributed by atoms with Crippen molar-refractivity contribution in [2.75, 3.05) is 5.32 Å². The molecular formula is C15H15Cl2NS. The summed E-state index contributed by atoms with van der Waals surface area (Å²) in [7, 11) is 0. The number of thiophene rings is 1. The standard InChI is InChI=1S/C15H15Cl2NS/c1-9-7-12(17)14(8-11(9)16)18-13-3-2-4-15-10(13)5-6-19-15/h5-8,13,18H,2-4H2,1H3. The molecule has 1 heterocycles. The highest BCUT2D eigenvalue weighted by Gasteiger charge is 2.21. The van der Waals surface area contributed by atoms with E-state index >= 15 is 0 Å². The summed E-state index contributed by atoms with van der Waals surface area (Å²) in [6, 6.07) is 6.43. The Morgan fingerprint density at radius 3 is 2.95 bits per heavy atom. The first kappa shape index (κ1) is 13.3. The normalized spacial score (nSPS) is 18.2. The number of rotatable bonds is 2. The molecule has 2 aromatic rings. The molecule has 1 unspecified atom stereocenters. The van der Waals surface area contributed by atoms with Gasteiger partial charge in [-0.05, 0) is 60.9 Å². The Bertz CT molecular complexity index is 606. The molecule has 1 aliphatic rings. The molecule has 1 aromatic carbocycles. The lowest BCUT2D eigenvalue weighted by atomic mass is 9.94. The minimum Gasteiger partial charge on any atom is -0.377 e. The Morgan fingerprint density at radius 1 is 1.26 bits per heavy atom. The van der Waals surface area contributed by atoms with E-state index in [0.29, 0.717) is 6.04 Å². The lowest BCUT2D eigenvalue weighted by Gasteiger charge is -2.25. The van der Waals surface area contributed by atoms with Crippen LogP contribution in [0.4, 0.5) is 5.69 Å². The molecule has 1 nitrogen and oxygen atoms in total. The zero-order valence-corrected chi connectivity index (χ0v) is 13.0. The summed E-state index contributed by atoms with van der Waals surface area (Å²) >= 11 is 14.3. The molecule has 1 N–H and O–H groups in total. The molecule has 0 aliphatic heterocycles. The zero-order chi connectivity index (χ0) is 13.4. The predicted molar refractivity (Wildman–Crippen MR) is 84.8 cm³/mol. The largest absolute Gasteiger partial charge is 0.377 e. The fraction of sp³-hybridized carbons (Fsp3) is 0.333. The van der Waals surface area contributed by atoms with E-state index in [1.54, 1.807) is 0 Å². The number of hydrogen-bond acceptors (Lipinski definition) is 2. The molecule has 0 bridgehead atoms. The lowest BCUT2D eigenvalue weighted by Crippen LogP contribution is -2.15. The molecular weight excluding hydrogens is 297 g/mol. The second kappa shape index (κ2) is 5.35. The Morgan fingerprint density at radius 2 is 2.11 bits per heavy atom. The highest BCUT2D eigenvalue weighted by Crippen LogP contribution is 2.38. The summed E-state index contributed by atoms with van der Waals surface area (Å²) in [5, 5.41) is 7.22. The number of benzene rings is 1. The molecule has 0 saturated heterocycles. The first-order chi connectivity index (χ1) is 9.15. The van der Waals surface area contributed by atoms with Gasteiger partial charge in [0.2, 0.25) is 0 Å². The fourth-order valence-electron chi connectivity index (χ4n) is 2.58. The maximum Gasteiger partial charge on any atom is 0.0641 e. The van der Waals surface area contributed by atoms with Gasteiger partial charge in [-0.1, -0.05) is 23.2 Å². The second-order valence-corrected chi connectivity index (χ2v) is 6.78. The third-order valence-electron chi connectivity index (χ3n) is 3.63. The van der Waals surface area contributed by atoms with E-state index < -0.39 is 0 Å². The topological polar surface area (TPSA) is 12.0 Å². The van der Waals surface area contributed by atoms with Crippen molar-refractivity contribution in [3.05, 3.63) is 49.6 Å². The average molecular weight is 312 g/mol. The van der Waals surface area contributed by atoms with E-state index in [4.69, 9.17) is 23.2 Å². The maximum absolute atomic E-state index is 6.30. The number of aryl methyl sites for hydroxylation is 2. The van der Waals surface area contributed by atoms with Gasteiger partial charge in [0.25, 0.3) is 0 Å². The Balaban J connectivity index is 1.89. The van der Waals surface area contributed by atoms with Crippen LogP contribution in [-0.2, 0) is 6.42 Å². The number of nitrogens with one attached hydrogen (secondary N) is 1. The summed E-state index contributed by atoms with van der Waals surface area (Å²) in [6.07, 6.45) is 3.57. The Kier molecular flexibility index (Phi) is 3.75. The van der Waals surface area contributed by atoms with Crippen molar-refractivity contribution in [2.24, 2.45) is 0 Å². The summed E-state index contributed by atoms with van der Waals surface area (Å²) in [6.45, 7) is 1.97. The Labute approximate surface area is 127 Å². The number of hydrogen-bond donors (Lipinski definition) is 1. The van der Waals surface area contributed by atoms with Gasteiger partial charge in [0.15, 0.2) is 0 Å². The van der Waals surface area contributed by atoms with Crippen molar-refractivity contribution in [3.63, 3.8) is 0 Å². The van der Waals surface area contributed by atoms with Crippen LogP contribution in [0.3, 0.4) is 0 Å². The monoisotopic (exact) mass is 311 g/mol. The van der Waals surface area contributed by atoms with Crippen molar-refractivity contribution >= 4 is 40.2 Å². The van der Waals surface area contributed by atoms with Crippen LogP contribution >= 0.6 is 34.5 Å². The molecule has 100 valence electrons. The van der Waals surface area contributed by atoms with Crippen LogP contribution in [0.15, 0.2) is 23.6 Å². The molecule has 3 rings (SSSR count). The van der Waals surface area contributed by atoms with Crippen molar-refractivity contribution in [3.8, 4) is 0 Å². The maximum atomic E-state index is 6.30. The predicted octanol–water partition coefficient (Wildman–Crippen LogP) is 5.85. The first-order valence-corrected chi connectivity index (χ1v) is 8.07. The third kappa shape index (κ3) is 2.62. The minimum atomic E-state index is 0.353. The fourth-order valence-corrected chi connectivity index (χ4v) is 4.00. The molecule has 0 fully saturated rings. The number of halogens is 2. The number of fused-ring (bicyclic) bond motifs is 1. The smallest absolute Gasteiger partial charge is 0.0641 e. The molecule has 1 aliphatic carbocycles.